The molecule has 1 saturated carbocycles. The van der Waals surface area contributed by atoms with Crippen LogP contribution in [0.4, 0.5) is 14.6 Å². The number of pyridine rings is 1. The van der Waals surface area contributed by atoms with E-state index in [2.05, 4.69) is 61.5 Å². The lowest BCUT2D eigenvalue weighted by atomic mass is 9.99. The lowest BCUT2D eigenvalue weighted by molar-refractivity contribution is -0.104. The van der Waals surface area contributed by atoms with E-state index in [4.69, 9.17) is 16.3 Å². The summed E-state index contributed by atoms with van der Waals surface area (Å²) in [7, 11) is 5.53. The van der Waals surface area contributed by atoms with Crippen LogP contribution < -0.4 is 9.64 Å². The highest BCUT2D eigenvalue weighted by atomic mass is 35.5. The summed E-state index contributed by atoms with van der Waals surface area (Å²) >= 11 is 6.48. The number of nitrogens with zero attached hydrogens (tertiary/aromatic N) is 8. The summed E-state index contributed by atoms with van der Waals surface area (Å²) in [5.41, 5.74) is 2.06. The number of anilines is 1. The van der Waals surface area contributed by atoms with Crippen molar-refractivity contribution in [3.8, 4) is 23.3 Å². The van der Waals surface area contributed by atoms with Gasteiger partial charge in [-0.25, -0.2) is 8.78 Å². The van der Waals surface area contributed by atoms with Crippen LogP contribution in [0.2, 0.25) is 5.02 Å². The van der Waals surface area contributed by atoms with E-state index in [0.717, 1.165) is 57.2 Å². The number of aldehydes is 1. The van der Waals surface area contributed by atoms with E-state index >= 15 is 4.39 Å². The van der Waals surface area contributed by atoms with Crippen LogP contribution in [0.3, 0.4) is 0 Å². The van der Waals surface area contributed by atoms with Crippen molar-refractivity contribution in [2.75, 3.05) is 65.4 Å². The van der Waals surface area contributed by atoms with E-state index in [9.17, 15) is 14.4 Å². The van der Waals surface area contributed by atoms with Gasteiger partial charge in [0.1, 0.15) is 29.5 Å². The number of ether oxygens (including phenoxy) is 1. The zero-order valence-electron chi connectivity index (χ0n) is 30.9. The number of allylic oxidation sites excluding steroid dienone is 1. The number of hydrogen-bond acceptors (Lipinski definition) is 10. The highest BCUT2D eigenvalue weighted by Crippen LogP contribution is 2.48. The number of rotatable bonds is 9. The molecule has 0 amide bonds. The van der Waals surface area contributed by atoms with Gasteiger partial charge in [0, 0.05) is 67.6 Å². The molecule has 1 aliphatic carbocycles. The molecule has 10 nitrogen and oxygen atoms in total. The van der Waals surface area contributed by atoms with Gasteiger partial charge in [-0.1, -0.05) is 43.7 Å². The van der Waals surface area contributed by atoms with Crippen LogP contribution in [0.15, 0.2) is 36.5 Å². The zero-order chi connectivity index (χ0) is 37.4. The predicted octanol–water partition coefficient (Wildman–Crippen LogP) is 6.68. The number of carbonyl (C=O) groups is 1. The molecule has 3 aromatic rings. The topological polar surface area (TPSA) is 102 Å². The predicted molar refractivity (Wildman–Crippen MR) is 202 cm³/mol. The molecular weight excluding hydrogens is 686 g/mol. The van der Waals surface area contributed by atoms with Crippen molar-refractivity contribution in [2.24, 2.45) is 0 Å². The molecule has 0 N–H and O–H groups in total. The van der Waals surface area contributed by atoms with E-state index in [-0.39, 0.29) is 23.3 Å². The lowest BCUT2D eigenvalue weighted by Crippen LogP contribution is -2.51. The largest absolute Gasteiger partial charge is 0.467 e. The SMILES string of the molecule is CCC1CC(F)CN1CC.CN1CCC1/C=C/C=O.COc1nc(N2CCN(C)[C@@H](CC#N)C2)c2cnc(-c3cccc(Cl)c3C3CC3)c(F)c2n1. The van der Waals surface area contributed by atoms with Gasteiger partial charge >= 0.3 is 6.01 Å². The Bertz CT molecular complexity index is 1740. The Balaban J connectivity index is 0.000000224. The summed E-state index contributed by atoms with van der Waals surface area (Å²) < 4.78 is 34.0. The molecule has 7 rings (SSSR count). The van der Waals surface area contributed by atoms with Crippen molar-refractivity contribution in [3.05, 3.63) is 53.0 Å². The van der Waals surface area contributed by atoms with Crippen molar-refractivity contribution >= 4 is 34.6 Å². The molecule has 3 unspecified atom stereocenters. The number of aromatic nitrogens is 3. The number of nitriles is 1. The molecule has 280 valence electrons. The number of halogens is 3. The van der Waals surface area contributed by atoms with Gasteiger partial charge in [0.2, 0.25) is 0 Å². The molecule has 2 aromatic heterocycles. The Morgan fingerprint density at radius 1 is 1.08 bits per heavy atom. The Morgan fingerprint density at radius 3 is 2.46 bits per heavy atom. The highest BCUT2D eigenvalue weighted by Gasteiger charge is 2.32. The minimum absolute atomic E-state index is 0.0596. The molecule has 0 radical (unpaired) electrons. The van der Waals surface area contributed by atoms with E-state index in [0.29, 0.717) is 65.8 Å². The smallest absolute Gasteiger partial charge is 0.318 e. The third-order valence-corrected chi connectivity index (χ3v) is 11.0. The summed E-state index contributed by atoms with van der Waals surface area (Å²) in [6, 6.07) is 8.96. The van der Waals surface area contributed by atoms with Crippen LogP contribution in [-0.2, 0) is 4.79 Å². The first-order valence-electron chi connectivity index (χ1n) is 18.3. The molecule has 4 fully saturated rings. The monoisotopic (exact) mass is 736 g/mol. The Hall–Kier alpha value is -3.76. The number of carbonyl (C=O) groups excluding carboxylic acids is 1. The first-order chi connectivity index (χ1) is 25.1. The second-order valence-corrected chi connectivity index (χ2v) is 14.4. The fourth-order valence-electron chi connectivity index (χ4n) is 7.22. The summed E-state index contributed by atoms with van der Waals surface area (Å²) in [6.45, 7) is 9.11. The average molecular weight is 737 g/mol. The number of alkyl halides is 1. The van der Waals surface area contributed by atoms with Gasteiger partial charge in [-0.05, 0) is 76.4 Å². The van der Waals surface area contributed by atoms with E-state index in [1.165, 1.54) is 13.5 Å². The molecule has 4 atom stereocenters. The molecular formula is C39H51ClF2N8O2. The van der Waals surface area contributed by atoms with Crippen LogP contribution in [-0.4, -0.2) is 121 Å². The first-order valence-corrected chi connectivity index (χ1v) is 18.7. The maximum atomic E-state index is 16.0. The van der Waals surface area contributed by atoms with Crippen LogP contribution >= 0.6 is 11.6 Å². The fourth-order valence-corrected chi connectivity index (χ4v) is 7.55. The normalized spacial score (nSPS) is 23.7. The highest BCUT2D eigenvalue weighted by molar-refractivity contribution is 6.32. The van der Waals surface area contributed by atoms with E-state index < -0.39 is 12.0 Å². The van der Waals surface area contributed by atoms with Crippen molar-refractivity contribution < 1.29 is 18.3 Å². The first kappa shape index (κ1) is 39.4. The maximum absolute atomic E-state index is 16.0. The zero-order valence-corrected chi connectivity index (χ0v) is 31.7. The number of benzene rings is 1. The fraction of sp³-hybridized carbons (Fsp3) is 0.564. The van der Waals surface area contributed by atoms with Crippen LogP contribution in [0.5, 0.6) is 6.01 Å². The van der Waals surface area contributed by atoms with Crippen LogP contribution in [0.25, 0.3) is 22.2 Å². The molecule has 0 spiro atoms. The van der Waals surface area contributed by atoms with Gasteiger partial charge in [-0.3, -0.25) is 24.5 Å². The number of likely N-dealkylation sites (tertiary alicyclic amines) is 2. The second-order valence-electron chi connectivity index (χ2n) is 14.0. The van der Waals surface area contributed by atoms with Crippen molar-refractivity contribution in [1.29, 1.82) is 5.26 Å². The van der Waals surface area contributed by atoms with Crippen molar-refractivity contribution in [1.82, 2.24) is 29.7 Å². The second kappa shape index (κ2) is 18.3. The van der Waals surface area contributed by atoms with Gasteiger partial charge in [0.25, 0.3) is 0 Å². The molecule has 0 bridgehead atoms. The maximum Gasteiger partial charge on any atom is 0.318 e. The summed E-state index contributed by atoms with van der Waals surface area (Å²) in [6.07, 6.45) is 10.9. The van der Waals surface area contributed by atoms with Crippen molar-refractivity contribution in [3.63, 3.8) is 0 Å². The quantitative estimate of drug-likeness (QED) is 0.175. The summed E-state index contributed by atoms with van der Waals surface area (Å²) in [4.78, 5) is 31.9. The van der Waals surface area contributed by atoms with Gasteiger partial charge in [-0.15, -0.1) is 0 Å². The minimum atomic E-state index is -0.565. The Morgan fingerprint density at radius 2 is 1.87 bits per heavy atom. The van der Waals surface area contributed by atoms with Crippen LogP contribution in [0.1, 0.15) is 63.9 Å². The van der Waals surface area contributed by atoms with Gasteiger partial charge < -0.3 is 9.64 Å². The van der Waals surface area contributed by atoms with E-state index in [1.54, 1.807) is 12.3 Å². The molecule has 1 aromatic carbocycles. The lowest BCUT2D eigenvalue weighted by Gasteiger charge is -2.39. The minimum Gasteiger partial charge on any atom is -0.467 e. The van der Waals surface area contributed by atoms with Gasteiger partial charge in [-0.2, -0.15) is 15.2 Å². The molecule has 13 heteroatoms. The van der Waals surface area contributed by atoms with Crippen LogP contribution in [0, 0.1) is 17.1 Å². The average Bonchev–Trinajstić information content (AvgIpc) is 3.92. The van der Waals surface area contributed by atoms with Crippen molar-refractivity contribution in [2.45, 2.75) is 82.6 Å². The molecule has 52 heavy (non-hydrogen) atoms. The number of piperazine rings is 1. The van der Waals surface area contributed by atoms with E-state index in [1.807, 2.05) is 31.3 Å². The number of hydrogen-bond donors (Lipinski definition) is 0. The van der Waals surface area contributed by atoms with Gasteiger partial charge in [0.15, 0.2) is 5.82 Å². The Labute approximate surface area is 311 Å². The summed E-state index contributed by atoms with van der Waals surface area (Å²) in [5, 5.41) is 10.4. The number of fused-ring (bicyclic) bond motifs is 1. The number of likely N-dealkylation sites (N-methyl/N-ethyl adjacent to an activating group) is 2. The standard InChI is InChI=1S/C24H24ClFN6O.C8H16FN.C7H11NO/c1-31-10-11-32(13-15(31)8-9-27)23-17-12-28-21(20(26)22(17)29-24(30-23)33-2)16-4-3-5-18(25)19(16)14-6-7-14;1-3-8-5-7(9)6-10(8)4-2;1-8-5-4-7(8)3-2-6-9/h3-5,12,14-15H,6-8,10-11,13H2,1-2H3;7-8H,3-6H2,1-2H3;2-3,6-7H,4-5H2,1H3/b;;3-2+/t15-;;/m0../s1. The molecule has 3 aliphatic heterocycles. The number of methoxy groups -OCH3 is 1. The molecule has 4 aliphatic rings. The Kier molecular flexibility index (Phi) is 13.9. The third-order valence-electron chi connectivity index (χ3n) is 10.6. The molecule has 5 heterocycles. The summed E-state index contributed by atoms with van der Waals surface area (Å²) in [5.74, 6) is 0.393. The van der Waals surface area contributed by atoms with Gasteiger partial charge in [0.05, 0.1) is 25.0 Å². The third kappa shape index (κ3) is 9.23. The molecule has 3 saturated heterocycles.